The Kier molecular flexibility index (Phi) is 15.0. The summed E-state index contributed by atoms with van der Waals surface area (Å²) in [4.78, 5) is 59.6. The maximum Gasteiger partial charge on any atom is 0.318 e. The molecule has 0 radical (unpaired) electrons. The van der Waals surface area contributed by atoms with E-state index in [1.807, 2.05) is 49.3 Å². The highest BCUT2D eigenvalue weighted by Crippen LogP contribution is 2.41. The Hall–Kier alpha value is -6.32. The molecule has 3 fully saturated rings. The third kappa shape index (κ3) is 10.6. The molecule has 6 aromatic rings. The number of benzene rings is 4. The predicted molar refractivity (Wildman–Crippen MR) is 300 cm³/mol. The summed E-state index contributed by atoms with van der Waals surface area (Å²) in [6, 6.07) is 25.5. The van der Waals surface area contributed by atoms with Gasteiger partial charge in [0.15, 0.2) is 11.6 Å². The molecular formula is C59H66Cl2N10O4. The van der Waals surface area contributed by atoms with Crippen molar-refractivity contribution in [2.45, 2.75) is 82.5 Å². The molecule has 14 nitrogen and oxygen atoms in total. The van der Waals surface area contributed by atoms with Gasteiger partial charge in [-0.15, -0.1) is 0 Å². The molecule has 5 aliphatic heterocycles. The van der Waals surface area contributed by atoms with Crippen LogP contribution in [-0.4, -0.2) is 133 Å². The number of halogens is 2. The fraction of sp³-hybridized carbons (Fsp3) is 0.424. The fourth-order valence-corrected chi connectivity index (χ4v) is 12.6. The Morgan fingerprint density at radius 1 is 0.707 bits per heavy atom. The molecule has 0 saturated carbocycles. The number of carbonyl (C=O) groups is 2. The molecule has 16 heteroatoms. The van der Waals surface area contributed by atoms with Crippen LogP contribution < -0.4 is 29.1 Å². The highest BCUT2D eigenvalue weighted by atomic mass is 35.5. The van der Waals surface area contributed by atoms with Crippen LogP contribution in [0.25, 0.3) is 21.5 Å². The third-order valence-electron chi connectivity index (χ3n) is 16.3. The standard InChI is InChI=1S/C59H66Cl2N10O4/c1-4-43(72)22-31-66(2)55-45-24-34-69(51-19-7-14-40-12-5-17-47(60)53(40)51)36-49(45)62-57(64-55)74-38-42-21-33-68(42)28-9-16-44(73)23-32-67(3)56-46-25-35-70(52-20-8-15-41-13-6-18-48(61)54(41)52)37-50(46)63-58(65-56)75-39-59-26-10-29-71(59)30-11-27-59/h4-9,12-20,42H,1,10-11,21-39H2,2-3H3/b16-9-. The van der Waals surface area contributed by atoms with Gasteiger partial charge in [-0.25, -0.2) is 0 Å². The van der Waals surface area contributed by atoms with Crippen molar-refractivity contribution in [2.75, 3.05) is 99.3 Å². The van der Waals surface area contributed by atoms with Crippen LogP contribution in [0.3, 0.4) is 0 Å². The largest absolute Gasteiger partial charge is 0.462 e. The molecule has 75 heavy (non-hydrogen) atoms. The lowest BCUT2D eigenvalue weighted by molar-refractivity contribution is -0.115. The Labute approximate surface area is 449 Å². The molecule has 0 N–H and O–H groups in total. The first kappa shape index (κ1) is 50.8. The van der Waals surface area contributed by atoms with E-state index in [9.17, 15) is 9.59 Å². The summed E-state index contributed by atoms with van der Waals surface area (Å²) in [6.07, 6.45) is 12.8. The summed E-state index contributed by atoms with van der Waals surface area (Å²) in [5.74, 6) is 1.65. The fourth-order valence-electron chi connectivity index (χ4n) is 12.1. The van der Waals surface area contributed by atoms with E-state index in [1.165, 1.54) is 18.9 Å². The number of hydrogen-bond acceptors (Lipinski definition) is 14. The average Bonchev–Trinajstić information content (AvgIpc) is 4.02. The van der Waals surface area contributed by atoms with E-state index in [-0.39, 0.29) is 23.1 Å². The second-order valence-corrected chi connectivity index (χ2v) is 21.7. The van der Waals surface area contributed by atoms with Crippen LogP contribution in [0.1, 0.15) is 67.5 Å². The molecule has 7 heterocycles. The van der Waals surface area contributed by atoms with Gasteiger partial charge in [-0.05, 0) is 105 Å². The number of anilines is 4. The smallest absolute Gasteiger partial charge is 0.318 e. The molecule has 2 aromatic heterocycles. The first-order valence-corrected chi connectivity index (χ1v) is 27.5. The zero-order valence-corrected chi connectivity index (χ0v) is 44.7. The molecule has 0 bridgehead atoms. The van der Waals surface area contributed by atoms with E-state index in [2.05, 4.69) is 79.6 Å². The molecule has 5 aliphatic rings. The Morgan fingerprint density at radius 2 is 1.24 bits per heavy atom. The number of carbonyl (C=O) groups excluding carboxylic acids is 2. The Morgan fingerprint density at radius 3 is 1.77 bits per heavy atom. The van der Waals surface area contributed by atoms with E-state index < -0.39 is 0 Å². The lowest BCUT2D eigenvalue weighted by Crippen LogP contribution is -2.50. The number of rotatable bonds is 20. The van der Waals surface area contributed by atoms with Gasteiger partial charge in [-0.2, -0.15) is 19.9 Å². The molecule has 0 amide bonds. The van der Waals surface area contributed by atoms with Crippen molar-refractivity contribution in [2.24, 2.45) is 0 Å². The van der Waals surface area contributed by atoms with Gasteiger partial charge in [-0.3, -0.25) is 19.4 Å². The number of nitrogens with zero attached hydrogens (tertiary/aromatic N) is 10. The zero-order chi connectivity index (χ0) is 51.6. The number of ether oxygens (including phenoxy) is 2. The summed E-state index contributed by atoms with van der Waals surface area (Å²) in [7, 11) is 3.98. The molecule has 11 rings (SSSR count). The van der Waals surface area contributed by atoms with E-state index >= 15 is 0 Å². The molecule has 1 atom stereocenters. The van der Waals surface area contributed by atoms with Crippen molar-refractivity contribution in [3.63, 3.8) is 0 Å². The van der Waals surface area contributed by atoms with Gasteiger partial charge in [-0.1, -0.05) is 84.4 Å². The average molecular weight is 1050 g/mol. The van der Waals surface area contributed by atoms with Crippen LogP contribution in [0.5, 0.6) is 12.0 Å². The van der Waals surface area contributed by atoms with Gasteiger partial charge in [0.1, 0.15) is 24.8 Å². The first-order valence-electron chi connectivity index (χ1n) is 26.7. The summed E-state index contributed by atoms with van der Waals surface area (Å²) in [5, 5.41) is 5.72. The molecular weight excluding hydrogens is 984 g/mol. The lowest BCUT2D eigenvalue weighted by Gasteiger charge is -2.39. The van der Waals surface area contributed by atoms with Gasteiger partial charge in [0.2, 0.25) is 0 Å². The van der Waals surface area contributed by atoms with Gasteiger partial charge in [0.25, 0.3) is 0 Å². The minimum atomic E-state index is -0.0138. The normalized spacial score (nSPS) is 18.2. The quantitative estimate of drug-likeness (QED) is 0.0674. The molecule has 0 aliphatic carbocycles. The van der Waals surface area contributed by atoms with Gasteiger partial charge >= 0.3 is 12.0 Å². The monoisotopic (exact) mass is 1050 g/mol. The Bertz CT molecular complexity index is 3150. The van der Waals surface area contributed by atoms with Crippen LogP contribution in [0.15, 0.2) is 97.6 Å². The molecule has 4 aromatic carbocycles. The zero-order valence-electron chi connectivity index (χ0n) is 43.2. The van der Waals surface area contributed by atoms with Crippen molar-refractivity contribution in [1.82, 2.24) is 29.7 Å². The molecule has 390 valence electrons. The highest BCUT2D eigenvalue weighted by Gasteiger charge is 2.45. The van der Waals surface area contributed by atoms with Crippen molar-refractivity contribution < 1.29 is 19.1 Å². The highest BCUT2D eigenvalue weighted by molar-refractivity contribution is 6.37. The van der Waals surface area contributed by atoms with Crippen molar-refractivity contribution in [3.05, 3.63) is 130 Å². The SMILES string of the molecule is C=CC(=O)CCN(C)c1nc(OCC2CCN2C/C=C\C(=O)CCN(C)c2nc(OCC34CCCN3CCC4)nc3c2CCN(c2cccc4cccc(Cl)c24)C3)nc2c1CCN(c1cccc3cccc(Cl)c13)C2. The Balaban J connectivity index is 0.735. The van der Waals surface area contributed by atoms with Crippen LogP contribution in [-0.2, 0) is 35.5 Å². The summed E-state index contributed by atoms with van der Waals surface area (Å²) >= 11 is 13.6. The third-order valence-corrected chi connectivity index (χ3v) is 17.0. The van der Waals surface area contributed by atoms with E-state index in [0.717, 1.165) is 137 Å². The van der Waals surface area contributed by atoms with Crippen molar-refractivity contribution in [1.29, 1.82) is 0 Å². The molecule has 1 unspecified atom stereocenters. The minimum Gasteiger partial charge on any atom is -0.462 e. The van der Waals surface area contributed by atoms with Crippen LogP contribution in [0.4, 0.5) is 23.0 Å². The second kappa shape index (κ2) is 22.1. The lowest BCUT2D eigenvalue weighted by atomic mass is 9.95. The number of ketones is 2. The second-order valence-electron chi connectivity index (χ2n) is 20.9. The van der Waals surface area contributed by atoms with E-state index in [0.29, 0.717) is 75.8 Å². The van der Waals surface area contributed by atoms with Gasteiger partial charge < -0.3 is 29.1 Å². The van der Waals surface area contributed by atoms with Gasteiger partial charge in [0.05, 0.1) is 40.1 Å². The van der Waals surface area contributed by atoms with E-state index in [4.69, 9.17) is 52.6 Å². The topological polar surface area (TPSA) is 124 Å². The molecule has 0 spiro atoms. The summed E-state index contributed by atoms with van der Waals surface area (Å²) < 4.78 is 13.0. The van der Waals surface area contributed by atoms with Crippen molar-refractivity contribution in [3.8, 4) is 12.0 Å². The van der Waals surface area contributed by atoms with Crippen molar-refractivity contribution >= 4 is 79.3 Å². The number of allylic oxidation sites excluding steroid dienone is 2. The first-order chi connectivity index (χ1) is 36.5. The predicted octanol–water partition coefficient (Wildman–Crippen LogP) is 9.70. The van der Waals surface area contributed by atoms with Crippen LogP contribution in [0.2, 0.25) is 10.0 Å². The number of fused-ring (bicyclic) bond motifs is 5. The van der Waals surface area contributed by atoms with Crippen LogP contribution >= 0.6 is 23.2 Å². The molecule has 3 saturated heterocycles. The van der Waals surface area contributed by atoms with Gasteiger partial charge in [0, 0.05) is 106 Å². The number of hydrogen-bond donors (Lipinski definition) is 0. The minimum absolute atomic E-state index is 0.0138. The number of likely N-dealkylation sites (tertiary alicyclic amines) is 1. The summed E-state index contributed by atoms with van der Waals surface area (Å²) in [6.45, 7) is 12.1. The van der Waals surface area contributed by atoms with Crippen LogP contribution in [0, 0.1) is 0 Å². The number of aromatic nitrogens is 4. The maximum atomic E-state index is 13.5. The maximum absolute atomic E-state index is 13.5. The van der Waals surface area contributed by atoms with E-state index in [1.54, 1.807) is 6.08 Å². The summed E-state index contributed by atoms with van der Waals surface area (Å²) in [5.41, 5.74) is 6.21.